The van der Waals surface area contributed by atoms with Gasteiger partial charge < -0.3 is 0 Å². The lowest BCUT2D eigenvalue weighted by Crippen LogP contribution is -2.39. The van der Waals surface area contributed by atoms with Gasteiger partial charge in [0.15, 0.2) is 0 Å². The summed E-state index contributed by atoms with van der Waals surface area (Å²) in [6, 6.07) is 18.8. The summed E-state index contributed by atoms with van der Waals surface area (Å²) in [7, 11) is -3.99. The van der Waals surface area contributed by atoms with Crippen LogP contribution >= 0.6 is 11.6 Å². The second kappa shape index (κ2) is 10.5. The zero-order valence-corrected chi connectivity index (χ0v) is 18.8. The van der Waals surface area contributed by atoms with Gasteiger partial charge in [0, 0.05) is 11.6 Å². The van der Waals surface area contributed by atoms with E-state index in [1.807, 2.05) is 25.1 Å². The standard InChI is InChI=1S/C23H21ClFN3O3S/c1-17-4-2-6-19(12-17)15-28(32(30,31)22-10-8-20(24)9-11-22)16-23(29)27-26-14-18-5-3-7-21(25)13-18/h2-14H,15-16H2,1H3,(H,27,29)/b26-14-. The molecule has 3 aromatic carbocycles. The zero-order valence-electron chi connectivity index (χ0n) is 17.2. The first-order chi connectivity index (χ1) is 15.2. The van der Waals surface area contributed by atoms with Gasteiger partial charge in [-0.25, -0.2) is 18.2 Å². The fraction of sp³-hybridized carbons (Fsp3) is 0.130. The maximum atomic E-state index is 13.2. The molecular formula is C23H21ClFN3O3S. The molecule has 0 fully saturated rings. The Kier molecular flexibility index (Phi) is 7.74. The molecule has 0 heterocycles. The van der Waals surface area contributed by atoms with E-state index in [0.717, 1.165) is 15.4 Å². The molecule has 0 aromatic heterocycles. The lowest BCUT2D eigenvalue weighted by molar-refractivity contribution is -0.121. The molecule has 0 radical (unpaired) electrons. The zero-order chi connectivity index (χ0) is 23.1. The van der Waals surface area contributed by atoms with Crippen molar-refractivity contribution in [2.45, 2.75) is 18.4 Å². The number of nitrogens with zero attached hydrogens (tertiary/aromatic N) is 2. The second-order valence-electron chi connectivity index (χ2n) is 7.06. The van der Waals surface area contributed by atoms with E-state index in [9.17, 15) is 17.6 Å². The minimum atomic E-state index is -3.99. The summed E-state index contributed by atoms with van der Waals surface area (Å²) < 4.78 is 40.8. The third kappa shape index (κ3) is 6.46. The van der Waals surface area contributed by atoms with Gasteiger partial charge in [0.2, 0.25) is 10.0 Å². The van der Waals surface area contributed by atoms with Crippen molar-refractivity contribution >= 4 is 33.7 Å². The van der Waals surface area contributed by atoms with E-state index in [2.05, 4.69) is 10.5 Å². The van der Waals surface area contributed by atoms with Gasteiger partial charge in [0.1, 0.15) is 5.82 Å². The maximum Gasteiger partial charge on any atom is 0.255 e. The van der Waals surface area contributed by atoms with Gasteiger partial charge in [0.25, 0.3) is 5.91 Å². The number of benzene rings is 3. The quantitative estimate of drug-likeness (QED) is 0.394. The fourth-order valence-corrected chi connectivity index (χ4v) is 4.47. The topological polar surface area (TPSA) is 78.8 Å². The van der Waals surface area contributed by atoms with Crippen LogP contribution in [0.15, 0.2) is 82.8 Å². The Hall–Kier alpha value is -3.07. The van der Waals surface area contributed by atoms with E-state index in [1.165, 1.54) is 48.7 Å². The molecule has 0 saturated carbocycles. The lowest BCUT2D eigenvalue weighted by atomic mass is 10.1. The molecule has 3 aromatic rings. The first-order valence-corrected chi connectivity index (χ1v) is 11.4. The Bertz CT molecular complexity index is 1230. The van der Waals surface area contributed by atoms with Crippen molar-refractivity contribution in [1.29, 1.82) is 0 Å². The summed E-state index contributed by atoms with van der Waals surface area (Å²) in [4.78, 5) is 12.5. The van der Waals surface area contributed by atoms with Crippen molar-refractivity contribution in [3.63, 3.8) is 0 Å². The van der Waals surface area contributed by atoms with Crippen LogP contribution < -0.4 is 5.43 Å². The van der Waals surface area contributed by atoms with Crippen LogP contribution in [0.25, 0.3) is 0 Å². The summed E-state index contributed by atoms with van der Waals surface area (Å²) in [6.45, 7) is 1.43. The Balaban J connectivity index is 1.80. The van der Waals surface area contributed by atoms with Crippen molar-refractivity contribution in [2.75, 3.05) is 6.54 Å². The fourth-order valence-electron chi connectivity index (χ4n) is 2.96. The van der Waals surface area contributed by atoms with E-state index in [0.29, 0.717) is 10.6 Å². The third-order valence-corrected chi connectivity index (χ3v) is 6.52. The Morgan fingerprint density at radius 3 is 2.50 bits per heavy atom. The molecule has 3 rings (SSSR count). The smallest absolute Gasteiger partial charge is 0.255 e. The van der Waals surface area contributed by atoms with Crippen LogP contribution in [0.3, 0.4) is 0 Å². The highest BCUT2D eigenvalue weighted by Gasteiger charge is 2.27. The Morgan fingerprint density at radius 1 is 1.09 bits per heavy atom. The second-order valence-corrected chi connectivity index (χ2v) is 9.44. The van der Waals surface area contributed by atoms with E-state index < -0.39 is 28.3 Å². The summed E-state index contributed by atoms with van der Waals surface area (Å²) in [5, 5.41) is 4.19. The molecule has 9 heteroatoms. The summed E-state index contributed by atoms with van der Waals surface area (Å²) in [5.74, 6) is -1.07. The van der Waals surface area contributed by atoms with Gasteiger partial charge in [-0.3, -0.25) is 4.79 Å². The van der Waals surface area contributed by atoms with Crippen LogP contribution in [0.4, 0.5) is 4.39 Å². The number of hydrazone groups is 1. The van der Waals surface area contributed by atoms with Crippen LogP contribution in [0.2, 0.25) is 5.02 Å². The normalized spacial score (nSPS) is 11.8. The molecule has 0 aliphatic heterocycles. The monoisotopic (exact) mass is 473 g/mol. The number of hydrogen-bond acceptors (Lipinski definition) is 4. The number of amides is 1. The third-order valence-electron chi connectivity index (χ3n) is 4.46. The molecule has 166 valence electrons. The highest BCUT2D eigenvalue weighted by Crippen LogP contribution is 2.21. The number of rotatable bonds is 8. The first kappa shape index (κ1) is 23.6. The molecule has 32 heavy (non-hydrogen) atoms. The van der Waals surface area contributed by atoms with Crippen LogP contribution in [0.1, 0.15) is 16.7 Å². The van der Waals surface area contributed by atoms with Crippen molar-refractivity contribution in [3.05, 3.63) is 100 Å². The van der Waals surface area contributed by atoms with E-state index in [1.54, 1.807) is 12.1 Å². The van der Waals surface area contributed by atoms with E-state index >= 15 is 0 Å². The number of carbonyl (C=O) groups is 1. The number of nitrogens with one attached hydrogen (secondary N) is 1. The lowest BCUT2D eigenvalue weighted by Gasteiger charge is -2.21. The van der Waals surface area contributed by atoms with E-state index in [-0.39, 0.29) is 11.4 Å². The molecule has 0 aliphatic rings. The summed E-state index contributed by atoms with van der Waals surface area (Å²) in [6.07, 6.45) is 1.28. The molecule has 0 saturated heterocycles. The van der Waals surface area contributed by atoms with Gasteiger partial charge in [-0.15, -0.1) is 0 Å². The van der Waals surface area contributed by atoms with Gasteiger partial charge in [-0.1, -0.05) is 53.6 Å². The minimum Gasteiger partial charge on any atom is -0.272 e. The molecule has 1 N–H and O–H groups in total. The molecule has 1 amide bonds. The molecule has 0 aliphatic carbocycles. The summed E-state index contributed by atoms with van der Waals surface area (Å²) >= 11 is 5.88. The molecular weight excluding hydrogens is 453 g/mol. The SMILES string of the molecule is Cc1cccc(CN(CC(=O)N/N=C\c2cccc(F)c2)S(=O)(=O)c2ccc(Cl)cc2)c1. The van der Waals surface area contributed by atoms with Crippen molar-refractivity contribution in [3.8, 4) is 0 Å². The van der Waals surface area contributed by atoms with Crippen molar-refractivity contribution in [1.82, 2.24) is 9.73 Å². The number of sulfonamides is 1. The molecule has 0 spiro atoms. The largest absolute Gasteiger partial charge is 0.272 e. The molecule has 0 unspecified atom stereocenters. The average Bonchev–Trinajstić information content (AvgIpc) is 2.74. The van der Waals surface area contributed by atoms with Gasteiger partial charge in [-0.05, 0) is 54.4 Å². The summed E-state index contributed by atoms with van der Waals surface area (Å²) in [5.41, 5.74) is 4.45. The van der Waals surface area contributed by atoms with Crippen molar-refractivity contribution < 1.29 is 17.6 Å². The average molecular weight is 474 g/mol. The Morgan fingerprint density at radius 2 is 1.81 bits per heavy atom. The van der Waals surface area contributed by atoms with Crippen LogP contribution in [0, 0.1) is 12.7 Å². The Labute approximate surface area is 191 Å². The number of carbonyl (C=O) groups excluding carboxylic acids is 1. The van der Waals surface area contributed by atoms with Gasteiger partial charge >= 0.3 is 0 Å². The molecule has 6 nitrogen and oxygen atoms in total. The number of aryl methyl sites for hydroxylation is 1. The maximum absolute atomic E-state index is 13.2. The predicted octanol–water partition coefficient (Wildman–Crippen LogP) is 4.13. The van der Waals surface area contributed by atoms with Crippen LogP contribution in [0.5, 0.6) is 0 Å². The number of halogens is 2. The highest BCUT2D eigenvalue weighted by atomic mass is 35.5. The van der Waals surface area contributed by atoms with Crippen LogP contribution in [-0.2, 0) is 21.4 Å². The molecule has 0 atom stereocenters. The predicted molar refractivity (Wildman–Crippen MR) is 122 cm³/mol. The van der Waals surface area contributed by atoms with Crippen LogP contribution in [-0.4, -0.2) is 31.4 Å². The van der Waals surface area contributed by atoms with Gasteiger partial charge in [0.05, 0.1) is 17.7 Å². The van der Waals surface area contributed by atoms with E-state index in [4.69, 9.17) is 11.6 Å². The minimum absolute atomic E-state index is 0.00628. The van der Waals surface area contributed by atoms with Crippen molar-refractivity contribution in [2.24, 2.45) is 5.10 Å². The first-order valence-electron chi connectivity index (χ1n) is 9.63. The van der Waals surface area contributed by atoms with Gasteiger partial charge in [-0.2, -0.15) is 9.41 Å². The highest BCUT2D eigenvalue weighted by molar-refractivity contribution is 7.89. The molecule has 0 bridgehead atoms. The number of hydrogen-bond donors (Lipinski definition) is 1.